The van der Waals surface area contributed by atoms with Crippen LogP contribution >= 0.6 is 0 Å². The van der Waals surface area contributed by atoms with Gasteiger partial charge in [-0.15, -0.1) is 0 Å². The highest BCUT2D eigenvalue weighted by Crippen LogP contribution is 2.33. The van der Waals surface area contributed by atoms with Gasteiger partial charge in [-0.05, 0) is 6.42 Å². The molecule has 1 nitrogen and oxygen atoms in total. The van der Waals surface area contributed by atoms with Gasteiger partial charge in [-0.1, -0.05) is 0 Å². The Balaban J connectivity index is 2.49. The molecule has 0 aromatic rings. The van der Waals surface area contributed by atoms with Crippen LogP contribution in [0, 0.1) is 0 Å². The maximum Gasteiger partial charge on any atom is 0.251 e. The molecule has 0 radical (unpaired) electrons. The Morgan fingerprint density at radius 2 is 2.00 bits per heavy atom. The van der Waals surface area contributed by atoms with E-state index in [2.05, 4.69) is 0 Å². The van der Waals surface area contributed by atoms with Gasteiger partial charge in [0.2, 0.25) is 0 Å². The maximum atomic E-state index is 12.5. The van der Waals surface area contributed by atoms with E-state index in [0.29, 0.717) is 0 Å². The number of alkyl halides is 3. The normalized spacial score (nSPS) is 39.6. The molecule has 60 valence electrons. The van der Waals surface area contributed by atoms with Crippen molar-refractivity contribution in [3.8, 4) is 0 Å². The monoisotopic (exact) mass is 153 g/mol. The molecular formula is C6H10F3N. The Labute approximate surface area is 57.4 Å². The van der Waals surface area contributed by atoms with Gasteiger partial charge < -0.3 is 5.73 Å². The minimum Gasteiger partial charge on any atom is -0.325 e. The summed E-state index contributed by atoms with van der Waals surface area (Å²) >= 11 is 0. The van der Waals surface area contributed by atoms with E-state index in [1.54, 1.807) is 0 Å². The molecule has 0 saturated heterocycles. The van der Waals surface area contributed by atoms with E-state index in [1.165, 1.54) is 0 Å². The molecule has 1 fully saturated rings. The van der Waals surface area contributed by atoms with Crippen LogP contribution in [0.1, 0.15) is 19.3 Å². The molecule has 0 amide bonds. The fraction of sp³-hybridized carbons (Fsp3) is 1.00. The van der Waals surface area contributed by atoms with Crippen molar-refractivity contribution in [1.82, 2.24) is 0 Å². The smallest absolute Gasteiger partial charge is 0.251 e. The molecule has 10 heavy (non-hydrogen) atoms. The van der Waals surface area contributed by atoms with Crippen molar-refractivity contribution in [3.63, 3.8) is 0 Å². The number of hydrogen-bond donors (Lipinski definition) is 1. The Kier molecular flexibility index (Phi) is 1.90. The zero-order valence-electron chi connectivity index (χ0n) is 5.49. The molecule has 2 atom stereocenters. The number of halogens is 3. The van der Waals surface area contributed by atoms with Gasteiger partial charge in [-0.2, -0.15) is 0 Å². The first-order valence-electron chi connectivity index (χ1n) is 3.29. The van der Waals surface area contributed by atoms with E-state index in [9.17, 15) is 13.2 Å². The SMILES string of the molecule is N[C@H]1CCC(F)(F)C[C@@H]1F. The van der Waals surface area contributed by atoms with Crippen molar-refractivity contribution in [1.29, 1.82) is 0 Å². The molecule has 0 unspecified atom stereocenters. The zero-order chi connectivity index (χ0) is 7.78. The highest BCUT2D eigenvalue weighted by Gasteiger charge is 2.40. The largest absolute Gasteiger partial charge is 0.325 e. The third kappa shape index (κ3) is 1.62. The molecule has 0 aromatic carbocycles. The Morgan fingerprint density at radius 1 is 1.40 bits per heavy atom. The van der Waals surface area contributed by atoms with E-state index in [1.807, 2.05) is 0 Å². The molecule has 1 aliphatic carbocycles. The number of rotatable bonds is 0. The average molecular weight is 153 g/mol. The predicted octanol–water partition coefficient (Wildman–Crippen LogP) is 1.47. The fourth-order valence-electron chi connectivity index (χ4n) is 1.10. The fourth-order valence-corrected chi connectivity index (χ4v) is 1.10. The van der Waals surface area contributed by atoms with Gasteiger partial charge in [0.15, 0.2) is 0 Å². The summed E-state index contributed by atoms with van der Waals surface area (Å²) in [6.07, 6.45) is -2.40. The van der Waals surface area contributed by atoms with Crippen molar-refractivity contribution in [2.24, 2.45) is 5.73 Å². The summed E-state index contributed by atoms with van der Waals surface area (Å²) < 4.78 is 37.1. The van der Waals surface area contributed by atoms with Gasteiger partial charge >= 0.3 is 0 Å². The Hall–Kier alpha value is -0.250. The second kappa shape index (κ2) is 2.42. The minimum atomic E-state index is -2.82. The number of nitrogens with two attached hydrogens (primary N) is 1. The van der Waals surface area contributed by atoms with Crippen LogP contribution in [-0.4, -0.2) is 18.1 Å². The Morgan fingerprint density at radius 3 is 2.40 bits per heavy atom. The summed E-state index contributed by atoms with van der Waals surface area (Å²) in [5.41, 5.74) is 5.19. The second-order valence-corrected chi connectivity index (χ2v) is 2.78. The van der Waals surface area contributed by atoms with Crippen LogP contribution < -0.4 is 5.73 Å². The van der Waals surface area contributed by atoms with Crippen molar-refractivity contribution < 1.29 is 13.2 Å². The molecule has 0 aliphatic heterocycles. The van der Waals surface area contributed by atoms with Crippen LogP contribution in [-0.2, 0) is 0 Å². The summed E-state index contributed by atoms with van der Waals surface area (Å²) in [4.78, 5) is 0. The molecule has 0 spiro atoms. The third-order valence-corrected chi connectivity index (χ3v) is 1.80. The summed E-state index contributed by atoms with van der Waals surface area (Å²) in [5, 5.41) is 0. The first-order valence-corrected chi connectivity index (χ1v) is 3.29. The lowest BCUT2D eigenvalue weighted by molar-refractivity contribution is -0.0635. The summed E-state index contributed by atoms with van der Waals surface area (Å²) in [5.74, 6) is -2.82. The van der Waals surface area contributed by atoms with Crippen LogP contribution in [0.25, 0.3) is 0 Å². The van der Waals surface area contributed by atoms with Crippen molar-refractivity contribution in [2.75, 3.05) is 0 Å². The number of hydrogen-bond acceptors (Lipinski definition) is 1. The quantitative estimate of drug-likeness (QED) is 0.560. The zero-order valence-corrected chi connectivity index (χ0v) is 5.49. The van der Waals surface area contributed by atoms with E-state index in [-0.39, 0.29) is 12.8 Å². The van der Waals surface area contributed by atoms with Gasteiger partial charge in [0, 0.05) is 18.9 Å². The predicted molar refractivity (Wildman–Crippen MR) is 31.7 cm³/mol. The molecular weight excluding hydrogens is 143 g/mol. The van der Waals surface area contributed by atoms with Crippen LogP contribution in [0.5, 0.6) is 0 Å². The van der Waals surface area contributed by atoms with Gasteiger partial charge in [0.05, 0.1) is 0 Å². The van der Waals surface area contributed by atoms with Crippen molar-refractivity contribution in [2.45, 2.75) is 37.4 Å². The van der Waals surface area contributed by atoms with Crippen LogP contribution in [0.15, 0.2) is 0 Å². The van der Waals surface area contributed by atoms with Crippen molar-refractivity contribution in [3.05, 3.63) is 0 Å². The highest BCUT2D eigenvalue weighted by atomic mass is 19.3. The summed E-state index contributed by atoms with van der Waals surface area (Å²) in [6, 6.07) is -0.681. The Bertz CT molecular complexity index is 126. The lowest BCUT2D eigenvalue weighted by Crippen LogP contribution is -2.42. The lowest BCUT2D eigenvalue weighted by atomic mass is 9.91. The summed E-state index contributed by atoms with van der Waals surface area (Å²) in [7, 11) is 0. The van der Waals surface area contributed by atoms with Crippen LogP contribution in [0.2, 0.25) is 0 Å². The van der Waals surface area contributed by atoms with E-state index in [4.69, 9.17) is 5.73 Å². The molecule has 0 aromatic heterocycles. The van der Waals surface area contributed by atoms with Gasteiger partial charge in [0.1, 0.15) is 6.17 Å². The summed E-state index contributed by atoms with van der Waals surface area (Å²) in [6.45, 7) is 0. The maximum absolute atomic E-state index is 12.5. The third-order valence-electron chi connectivity index (χ3n) is 1.80. The minimum absolute atomic E-state index is 0.0914. The molecule has 1 aliphatic rings. The van der Waals surface area contributed by atoms with Gasteiger partial charge in [0.25, 0.3) is 5.92 Å². The molecule has 4 heteroatoms. The van der Waals surface area contributed by atoms with E-state index < -0.39 is 24.6 Å². The first-order chi connectivity index (χ1) is 4.51. The first kappa shape index (κ1) is 7.85. The van der Waals surface area contributed by atoms with E-state index in [0.717, 1.165) is 0 Å². The molecule has 0 heterocycles. The molecule has 1 saturated carbocycles. The average Bonchev–Trinajstić information content (AvgIpc) is 1.79. The van der Waals surface area contributed by atoms with Gasteiger partial charge in [-0.25, -0.2) is 13.2 Å². The highest BCUT2D eigenvalue weighted by molar-refractivity contribution is 4.86. The van der Waals surface area contributed by atoms with Gasteiger partial charge in [-0.3, -0.25) is 0 Å². The molecule has 1 rings (SSSR count). The molecule has 0 bridgehead atoms. The molecule has 2 N–H and O–H groups in total. The van der Waals surface area contributed by atoms with Crippen LogP contribution in [0.3, 0.4) is 0 Å². The van der Waals surface area contributed by atoms with Crippen molar-refractivity contribution >= 4 is 0 Å². The topological polar surface area (TPSA) is 26.0 Å². The standard InChI is InChI=1S/C6H10F3N/c7-4-3-6(8,9)2-1-5(4)10/h4-5H,1-3,10H2/t4-,5-/m0/s1. The van der Waals surface area contributed by atoms with Crippen LogP contribution in [0.4, 0.5) is 13.2 Å². The van der Waals surface area contributed by atoms with E-state index >= 15 is 0 Å². The lowest BCUT2D eigenvalue weighted by Gasteiger charge is -2.28. The second-order valence-electron chi connectivity index (χ2n) is 2.78.